The van der Waals surface area contributed by atoms with Crippen LogP contribution in [0, 0.1) is 26.7 Å². The van der Waals surface area contributed by atoms with Gasteiger partial charge in [-0.2, -0.15) is 5.10 Å². The van der Waals surface area contributed by atoms with Gasteiger partial charge in [-0.15, -0.1) is 0 Å². The van der Waals surface area contributed by atoms with E-state index in [4.69, 9.17) is 4.74 Å². The molecule has 0 spiro atoms. The molecule has 1 aliphatic rings. The molecule has 0 N–H and O–H groups in total. The average Bonchev–Trinajstić information content (AvgIpc) is 3.44. The molecular weight excluding hydrogens is 398 g/mol. The highest BCUT2D eigenvalue weighted by Gasteiger charge is 2.46. The SMILES string of the molecule is CCN(Cc1cc(C)c(OCc2cccc(C)c2)c(C)c1)C(=O)[C@H]1C[C@@H]1c1cnn(C)c1. The third kappa shape index (κ3) is 4.87. The zero-order valence-corrected chi connectivity index (χ0v) is 19.8. The molecule has 1 saturated carbocycles. The van der Waals surface area contributed by atoms with Gasteiger partial charge in [0.2, 0.25) is 5.91 Å². The van der Waals surface area contributed by atoms with Crippen LogP contribution in [-0.4, -0.2) is 27.1 Å². The number of carbonyl (C=O) groups is 1. The summed E-state index contributed by atoms with van der Waals surface area (Å²) in [5.41, 5.74) is 6.94. The number of nitrogens with zero attached hydrogens (tertiary/aromatic N) is 3. The van der Waals surface area contributed by atoms with Crippen molar-refractivity contribution in [3.63, 3.8) is 0 Å². The van der Waals surface area contributed by atoms with Gasteiger partial charge in [0, 0.05) is 32.3 Å². The molecule has 0 saturated heterocycles. The van der Waals surface area contributed by atoms with E-state index in [0.717, 1.165) is 28.9 Å². The minimum atomic E-state index is 0.0817. The molecule has 2 aromatic carbocycles. The maximum atomic E-state index is 13.1. The summed E-state index contributed by atoms with van der Waals surface area (Å²) >= 11 is 0. The molecule has 0 unspecified atom stereocenters. The van der Waals surface area contributed by atoms with Gasteiger partial charge in [0.1, 0.15) is 12.4 Å². The number of amides is 1. The fourth-order valence-electron chi connectivity index (χ4n) is 4.58. The Bertz CT molecular complexity index is 1090. The van der Waals surface area contributed by atoms with Crippen molar-refractivity contribution in [1.29, 1.82) is 0 Å². The first-order valence-corrected chi connectivity index (χ1v) is 11.4. The van der Waals surface area contributed by atoms with E-state index in [-0.39, 0.29) is 11.8 Å². The summed E-state index contributed by atoms with van der Waals surface area (Å²) in [6.45, 7) is 10.2. The van der Waals surface area contributed by atoms with Gasteiger partial charge in [0.05, 0.1) is 6.20 Å². The summed E-state index contributed by atoms with van der Waals surface area (Å²) in [5, 5.41) is 4.25. The van der Waals surface area contributed by atoms with Crippen LogP contribution in [0.1, 0.15) is 52.6 Å². The second-order valence-electron chi connectivity index (χ2n) is 9.08. The van der Waals surface area contributed by atoms with Crippen molar-refractivity contribution in [2.24, 2.45) is 13.0 Å². The fraction of sp³-hybridized carbons (Fsp3) is 0.407. The molecule has 1 amide bonds. The molecule has 0 bridgehead atoms. The van der Waals surface area contributed by atoms with Crippen molar-refractivity contribution in [2.45, 2.75) is 53.2 Å². The van der Waals surface area contributed by atoms with Crippen LogP contribution in [0.3, 0.4) is 0 Å². The predicted molar refractivity (Wildman–Crippen MR) is 127 cm³/mol. The van der Waals surface area contributed by atoms with Crippen molar-refractivity contribution >= 4 is 5.91 Å². The standard InChI is InChI=1S/C27H33N3O2/c1-6-30(27(31)25-13-24(25)23-14-28-29(5)16-23)15-22-11-19(3)26(20(4)12-22)32-17-21-9-7-8-18(2)10-21/h7-12,14,16,24-25H,6,13,15,17H2,1-5H3/t24-,25+/m1/s1. The summed E-state index contributed by atoms with van der Waals surface area (Å²) in [6.07, 6.45) is 4.83. The number of ether oxygens (including phenoxy) is 1. The Hall–Kier alpha value is -3.08. The smallest absolute Gasteiger partial charge is 0.226 e. The van der Waals surface area contributed by atoms with Gasteiger partial charge < -0.3 is 9.64 Å². The monoisotopic (exact) mass is 431 g/mol. The molecule has 5 heteroatoms. The second kappa shape index (κ2) is 9.19. The number of benzene rings is 2. The van der Waals surface area contributed by atoms with E-state index < -0.39 is 0 Å². The van der Waals surface area contributed by atoms with E-state index in [1.165, 1.54) is 16.7 Å². The molecule has 168 valence electrons. The summed E-state index contributed by atoms with van der Waals surface area (Å²) in [7, 11) is 1.92. The molecule has 2 atom stereocenters. The van der Waals surface area contributed by atoms with E-state index in [2.05, 4.69) is 69.2 Å². The zero-order chi connectivity index (χ0) is 22.8. The van der Waals surface area contributed by atoms with Crippen LogP contribution in [0.5, 0.6) is 5.75 Å². The fourth-order valence-corrected chi connectivity index (χ4v) is 4.58. The maximum absolute atomic E-state index is 13.1. The second-order valence-corrected chi connectivity index (χ2v) is 9.08. The van der Waals surface area contributed by atoms with Gasteiger partial charge >= 0.3 is 0 Å². The Morgan fingerprint density at radius 2 is 1.91 bits per heavy atom. The van der Waals surface area contributed by atoms with Crippen molar-refractivity contribution < 1.29 is 9.53 Å². The van der Waals surface area contributed by atoms with Crippen LogP contribution < -0.4 is 4.74 Å². The third-order valence-electron chi connectivity index (χ3n) is 6.31. The molecule has 1 aromatic heterocycles. The first-order valence-electron chi connectivity index (χ1n) is 11.4. The van der Waals surface area contributed by atoms with Crippen LogP contribution >= 0.6 is 0 Å². The minimum Gasteiger partial charge on any atom is -0.488 e. The summed E-state index contributed by atoms with van der Waals surface area (Å²) in [6, 6.07) is 12.7. The highest BCUT2D eigenvalue weighted by molar-refractivity contribution is 5.83. The molecule has 1 fully saturated rings. The molecule has 3 aromatic rings. The lowest BCUT2D eigenvalue weighted by Gasteiger charge is -2.22. The summed E-state index contributed by atoms with van der Waals surface area (Å²) in [5.74, 6) is 1.57. The van der Waals surface area contributed by atoms with E-state index >= 15 is 0 Å². The lowest BCUT2D eigenvalue weighted by Crippen LogP contribution is -2.32. The molecule has 4 rings (SSSR count). The van der Waals surface area contributed by atoms with Gasteiger partial charge in [-0.25, -0.2) is 0 Å². The number of aromatic nitrogens is 2. The van der Waals surface area contributed by atoms with E-state index in [1.807, 2.05) is 24.3 Å². The Morgan fingerprint density at radius 3 is 2.53 bits per heavy atom. The lowest BCUT2D eigenvalue weighted by molar-refractivity contribution is -0.133. The highest BCUT2D eigenvalue weighted by Crippen LogP contribution is 2.48. The van der Waals surface area contributed by atoms with Gasteiger partial charge in [-0.05, 0) is 67.9 Å². The summed E-state index contributed by atoms with van der Waals surface area (Å²) < 4.78 is 7.97. The molecule has 32 heavy (non-hydrogen) atoms. The van der Waals surface area contributed by atoms with Gasteiger partial charge in [0.15, 0.2) is 0 Å². The van der Waals surface area contributed by atoms with Gasteiger partial charge in [0.25, 0.3) is 0 Å². The Balaban J connectivity index is 1.41. The van der Waals surface area contributed by atoms with Crippen LogP contribution in [0.25, 0.3) is 0 Å². The third-order valence-corrected chi connectivity index (χ3v) is 6.31. The minimum absolute atomic E-state index is 0.0817. The molecule has 1 aliphatic carbocycles. The Labute approximate surface area is 191 Å². The molecular formula is C27H33N3O2. The Kier molecular flexibility index (Phi) is 6.35. The van der Waals surface area contributed by atoms with Crippen LogP contribution in [-0.2, 0) is 25.0 Å². The molecule has 0 aliphatic heterocycles. The zero-order valence-electron chi connectivity index (χ0n) is 19.8. The topological polar surface area (TPSA) is 47.4 Å². The van der Waals surface area contributed by atoms with E-state index in [0.29, 0.717) is 25.6 Å². The molecule has 1 heterocycles. The van der Waals surface area contributed by atoms with E-state index in [9.17, 15) is 4.79 Å². The van der Waals surface area contributed by atoms with Crippen LogP contribution in [0.15, 0.2) is 48.8 Å². The van der Waals surface area contributed by atoms with Crippen LogP contribution in [0.4, 0.5) is 0 Å². The van der Waals surface area contributed by atoms with Gasteiger partial charge in [-0.1, -0.05) is 42.0 Å². The lowest BCUT2D eigenvalue weighted by atomic mass is 10.0. The molecule has 0 radical (unpaired) electrons. The first-order chi connectivity index (χ1) is 15.4. The number of hydrogen-bond donors (Lipinski definition) is 0. The van der Waals surface area contributed by atoms with Crippen molar-refractivity contribution in [3.8, 4) is 5.75 Å². The summed E-state index contributed by atoms with van der Waals surface area (Å²) in [4.78, 5) is 15.1. The average molecular weight is 432 g/mol. The number of hydrogen-bond acceptors (Lipinski definition) is 3. The van der Waals surface area contributed by atoms with Crippen molar-refractivity contribution in [3.05, 3.63) is 82.2 Å². The normalized spacial score (nSPS) is 17.3. The quantitative estimate of drug-likeness (QED) is 0.500. The number of carbonyl (C=O) groups excluding carboxylic acids is 1. The predicted octanol–water partition coefficient (Wildman–Crippen LogP) is 5.08. The molecule has 5 nitrogen and oxygen atoms in total. The maximum Gasteiger partial charge on any atom is 0.226 e. The largest absolute Gasteiger partial charge is 0.488 e. The van der Waals surface area contributed by atoms with Gasteiger partial charge in [-0.3, -0.25) is 9.48 Å². The van der Waals surface area contributed by atoms with Crippen molar-refractivity contribution in [1.82, 2.24) is 14.7 Å². The first kappa shape index (κ1) is 22.1. The highest BCUT2D eigenvalue weighted by atomic mass is 16.5. The number of aryl methyl sites for hydroxylation is 4. The van der Waals surface area contributed by atoms with Crippen molar-refractivity contribution in [2.75, 3.05) is 6.54 Å². The van der Waals surface area contributed by atoms with E-state index in [1.54, 1.807) is 4.68 Å². The Morgan fingerprint density at radius 1 is 1.16 bits per heavy atom. The number of rotatable bonds is 8. The van der Waals surface area contributed by atoms with Crippen LogP contribution in [0.2, 0.25) is 0 Å².